The van der Waals surface area contributed by atoms with Crippen molar-refractivity contribution in [1.29, 1.82) is 0 Å². The number of nitrogens with zero attached hydrogens (tertiary/aromatic N) is 3. The number of rotatable bonds is 5. The molecule has 0 aliphatic rings. The molecule has 0 fully saturated rings. The summed E-state index contributed by atoms with van der Waals surface area (Å²) in [5.41, 5.74) is 7.81. The number of halogens is 1. The van der Waals surface area contributed by atoms with E-state index in [1.165, 1.54) is 17.7 Å². The maximum absolute atomic E-state index is 12.9. The molecular weight excluding hydrogens is 303 g/mol. The standard InChI is InChI=1S/C19H19FN4/c1-14-19(12-21-22-18-10-8-17(20)9-11-18)15(2)24(23-14)13-16-6-4-3-5-7-16/h3-12,22H,13H2,1-2H3/b21-12+. The van der Waals surface area contributed by atoms with E-state index in [1.54, 1.807) is 18.3 Å². The van der Waals surface area contributed by atoms with Crippen molar-refractivity contribution in [3.63, 3.8) is 0 Å². The van der Waals surface area contributed by atoms with Gasteiger partial charge in [-0.3, -0.25) is 10.1 Å². The molecule has 0 saturated carbocycles. The van der Waals surface area contributed by atoms with Gasteiger partial charge in [0, 0.05) is 11.3 Å². The van der Waals surface area contributed by atoms with Crippen LogP contribution in [0.5, 0.6) is 0 Å². The number of aryl methyl sites for hydroxylation is 1. The molecule has 0 spiro atoms. The summed E-state index contributed by atoms with van der Waals surface area (Å²) in [5.74, 6) is -0.265. The number of hydrogen-bond acceptors (Lipinski definition) is 3. The summed E-state index contributed by atoms with van der Waals surface area (Å²) in [6, 6.07) is 16.3. The number of nitrogens with one attached hydrogen (secondary N) is 1. The van der Waals surface area contributed by atoms with Gasteiger partial charge in [0.1, 0.15) is 5.82 Å². The summed E-state index contributed by atoms with van der Waals surface area (Å²) >= 11 is 0. The second kappa shape index (κ2) is 7.08. The SMILES string of the molecule is Cc1nn(Cc2ccccc2)c(C)c1/C=N/Nc1ccc(F)cc1. The Morgan fingerprint density at radius 1 is 1.08 bits per heavy atom. The summed E-state index contributed by atoms with van der Waals surface area (Å²) in [4.78, 5) is 0. The predicted octanol–water partition coefficient (Wildman–Crippen LogP) is 4.13. The highest BCUT2D eigenvalue weighted by Crippen LogP contribution is 2.13. The van der Waals surface area contributed by atoms with Crippen LogP contribution in [0.4, 0.5) is 10.1 Å². The highest BCUT2D eigenvalue weighted by Gasteiger charge is 2.09. The Bertz CT molecular complexity index is 836. The molecule has 24 heavy (non-hydrogen) atoms. The van der Waals surface area contributed by atoms with Crippen molar-refractivity contribution in [3.8, 4) is 0 Å². The molecule has 1 aromatic heterocycles. The van der Waals surface area contributed by atoms with Gasteiger partial charge in [0.2, 0.25) is 0 Å². The largest absolute Gasteiger partial charge is 0.278 e. The van der Waals surface area contributed by atoms with Crippen LogP contribution in [0.2, 0.25) is 0 Å². The molecule has 0 radical (unpaired) electrons. The molecular formula is C19H19FN4. The van der Waals surface area contributed by atoms with E-state index in [1.807, 2.05) is 36.7 Å². The van der Waals surface area contributed by atoms with E-state index in [0.717, 1.165) is 29.2 Å². The molecule has 0 aliphatic heterocycles. The van der Waals surface area contributed by atoms with Crippen LogP contribution < -0.4 is 5.43 Å². The van der Waals surface area contributed by atoms with Crippen molar-refractivity contribution in [3.05, 3.63) is 82.9 Å². The summed E-state index contributed by atoms with van der Waals surface area (Å²) in [6.45, 7) is 4.72. The van der Waals surface area contributed by atoms with Crippen LogP contribution in [0.15, 0.2) is 59.7 Å². The van der Waals surface area contributed by atoms with Gasteiger partial charge in [0.05, 0.1) is 24.1 Å². The summed E-state index contributed by atoms with van der Waals surface area (Å²) in [5, 5.41) is 8.82. The minimum atomic E-state index is -0.265. The first-order chi connectivity index (χ1) is 11.6. The van der Waals surface area contributed by atoms with E-state index in [0.29, 0.717) is 0 Å². The third-order valence-corrected chi connectivity index (χ3v) is 3.84. The summed E-state index contributed by atoms with van der Waals surface area (Å²) < 4.78 is 14.9. The predicted molar refractivity (Wildman–Crippen MR) is 94.9 cm³/mol. The Labute approximate surface area is 140 Å². The normalized spacial score (nSPS) is 11.1. The fourth-order valence-corrected chi connectivity index (χ4v) is 2.50. The molecule has 2 aromatic carbocycles. The average Bonchev–Trinajstić information content (AvgIpc) is 2.85. The molecule has 0 atom stereocenters. The summed E-state index contributed by atoms with van der Waals surface area (Å²) in [6.07, 6.45) is 1.75. The van der Waals surface area contributed by atoms with Crippen LogP contribution in [-0.2, 0) is 6.54 Å². The van der Waals surface area contributed by atoms with E-state index < -0.39 is 0 Å². The zero-order valence-electron chi connectivity index (χ0n) is 13.7. The molecule has 1 N–H and O–H groups in total. The molecule has 4 nitrogen and oxygen atoms in total. The maximum Gasteiger partial charge on any atom is 0.123 e. The van der Waals surface area contributed by atoms with Gasteiger partial charge >= 0.3 is 0 Å². The quantitative estimate of drug-likeness (QED) is 0.567. The third kappa shape index (κ3) is 3.68. The first-order valence-electron chi connectivity index (χ1n) is 7.76. The molecule has 0 saturated heterocycles. The lowest BCUT2D eigenvalue weighted by molar-refractivity contribution is 0.628. The first kappa shape index (κ1) is 15.9. The van der Waals surface area contributed by atoms with E-state index >= 15 is 0 Å². The van der Waals surface area contributed by atoms with Crippen molar-refractivity contribution in [1.82, 2.24) is 9.78 Å². The fourth-order valence-electron chi connectivity index (χ4n) is 2.50. The van der Waals surface area contributed by atoms with Crippen LogP contribution in [0.3, 0.4) is 0 Å². The second-order valence-electron chi connectivity index (χ2n) is 5.60. The number of hydrogen-bond donors (Lipinski definition) is 1. The van der Waals surface area contributed by atoms with Crippen molar-refractivity contribution in [2.24, 2.45) is 5.10 Å². The molecule has 0 bridgehead atoms. The molecule has 3 aromatic rings. The van der Waals surface area contributed by atoms with Gasteiger partial charge in [-0.15, -0.1) is 0 Å². The number of anilines is 1. The Hall–Kier alpha value is -2.95. The van der Waals surface area contributed by atoms with Gasteiger partial charge in [-0.25, -0.2) is 4.39 Å². The van der Waals surface area contributed by atoms with Gasteiger partial charge < -0.3 is 0 Å². The fraction of sp³-hybridized carbons (Fsp3) is 0.158. The smallest absolute Gasteiger partial charge is 0.123 e. The minimum absolute atomic E-state index is 0.265. The Morgan fingerprint density at radius 2 is 1.79 bits per heavy atom. The van der Waals surface area contributed by atoms with Gasteiger partial charge in [0.25, 0.3) is 0 Å². The monoisotopic (exact) mass is 322 g/mol. The lowest BCUT2D eigenvalue weighted by Crippen LogP contribution is -2.04. The molecule has 0 aliphatic carbocycles. The van der Waals surface area contributed by atoms with Crippen LogP contribution >= 0.6 is 0 Å². The van der Waals surface area contributed by atoms with Crippen LogP contribution in [-0.4, -0.2) is 16.0 Å². The zero-order valence-corrected chi connectivity index (χ0v) is 13.7. The van der Waals surface area contributed by atoms with Crippen LogP contribution in [0.1, 0.15) is 22.5 Å². The van der Waals surface area contributed by atoms with Crippen molar-refractivity contribution in [2.45, 2.75) is 20.4 Å². The third-order valence-electron chi connectivity index (χ3n) is 3.84. The zero-order chi connectivity index (χ0) is 16.9. The van der Waals surface area contributed by atoms with Gasteiger partial charge in [0.15, 0.2) is 0 Å². The van der Waals surface area contributed by atoms with Crippen LogP contribution in [0.25, 0.3) is 0 Å². The molecule has 5 heteroatoms. The maximum atomic E-state index is 12.9. The molecule has 0 unspecified atom stereocenters. The lowest BCUT2D eigenvalue weighted by Gasteiger charge is -2.04. The molecule has 0 amide bonds. The average molecular weight is 322 g/mol. The topological polar surface area (TPSA) is 42.2 Å². The van der Waals surface area contributed by atoms with E-state index in [2.05, 4.69) is 27.8 Å². The Balaban J connectivity index is 1.74. The molecule has 122 valence electrons. The van der Waals surface area contributed by atoms with E-state index in [4.69, 9.17) is 0 Å². The van der Waals surface area contributed by atoms with E-state index in [9.17, 15) is 4.39 Å². The van der Waals surface area contributed by atoms with E-state index in [-0.39, 0.29) is 5.82 Å². The van der Waals surface area contributed by atoms with Crippen LogP contribution in [0, 0.1) is 19.7 Å². The Kier molecular flexibility index (Phi) is 4.70. The van der Waals surface area contributed by atoms with Crippen molar-refractivity contribution in [2.75, 3.05) is 5.43 Å². The number of aromatic nitrogens is 2. The minimum Gasteiger partial charge on any atom is -0.278 e. The highest BCUT2D eigenvalue weighted by atomic mass is 19.1. The number of benzene rings is 2. The summed E-state index contributed by atoms with van der Waals surface area (Å²) in [7, 11) is 0. The van der Waals surface area contributed by atoms with Gasteiger partial charge in [-0.05, 0) is 43.7 Å². The van der Waals surface area contributed by atoms with Crippen molar-refractivity contribution < 1.29 is 4.39 Å². The number of hydrazone groups is 1. The highest BCUT2D eigenvalue weighted by molar-refractivity contribution is 5.83. The second-order valence-corrected chi connectivity index (χ2v) is 5.60. The Morgan fingerprint density at radius 3 is 2.50 bits per heavy atom. The molecule has 1 heterocycles. The lowest BCUT2D eigenvalue weighted by atomic mass is 10.2. The van der Waals surface area contributed by atoms with Crippen molar-refractivity contribution >= 4 is 11.9 Å². The van der Waals surface area contributed by atoms with Gasteiger partial charge in [-0.2, -0.15) is 10.2 Å². The molecule has 3 rings (SSSR count). The first-order valence-corrected chi connectivity index (χ1v) is 7.76. The van der Waals surface area contributed by atoms with Gasteiger partial charge in [-0.1, -0.05) is 30.3 Å².